The highest BCUT2D eigenvalue weighted by Gasteiger charge is 2.42. The molecule has 0 spiro atoms. The number of nitrogens with one attached hydrogen (secondary N) is 1. The van der Waals surface area contributed by atoms with Gasteiger partial charge in [-0.3, -0.25) is 0 Å². The van der Waals surface area contributed by atoms with Crippen molar-refractivity contribution < 1.29 is 8.78 Å². The normalized spacial score (nSPS) is 20.9. The lowest BCUT2D eigenvalue weighted by atomic mass is 9.90. The van der Waals surface area contributed by atoms with Crippen molar-refractivity contribution in [3.8, 4) is 17.2 Å². The monoisotopic (exact) mass is 529 g/mol. The Morgan fingerprint density at radius 2 is 1.92 bits per heavy atom. The summed E-state index contributed by atoms with van der Waals surface area (Å²) in [7, 11) is 4.14. The molecular formula is C30H33F2N7. The number of nitriles is 1. The Kier molecular flexibility index (Phi) is 6.28. The summed E-state index contributed by atoms with van der Waals surface area (Å²) in [6.45, 7) is 6.42. The molecule has 2 aromatic carbocycles. The summed E-state index contributed by atoms with van der Waals surface area (Å²) >= 11 is 0. The number of halogens is 2. The lowest BCUT2D eigenvalue weighted by molar-refractivity contribution is 0.133. The lowest BCUT2D eigenvalue weighted by Crippen LogP contribution is -2.67. The molecule has 7 nitrogen and oxygen atoms in total. The fraction of sp³-hybridized carbons (Fsp3) is 0.433. The molecule has 0 unspecified atom stereocenters. The van der Waals surface area contributed by atoms with Gasteiger partial charge in [0.1, 0.15) is 16.9 Å². The Labute approximate surface area is 227 Å². The van der Waals surface area contributed by atoms with Crippen molar-refractivity contribution in [2.24, 2.45) is 0 Å². The van der Waals surface area contributed by atoms with E-state index in [2.05, 4.69) is 46.8 Å². The SMILES string of the molecule is Cc1cc2c(nc(N3CC(C)(N(C)C)C3)c3ncn([C@H]4CCN[C@H](CC#N)C4)c32)c(F)c1-c1ccc(F)cc1. The molecule has 2 fully saturated rings. The van der Waals surface area contributed by atoms with Crippen molar-refractivity contribution in [1.82, 2.24) is 24.8 Å². The van der Waals surface area contributed by atoms with Crippen LogP contribution in [0.5, 0.6) is 0 Å². The number of piperidine rings is 1. The maximum absolute atomic E-state index is 16.5. The number of fused-ring (bicyclic) bond motifs is 3. The van der Waals surface area contributed by atoms with E-state index in [1.54, 1.807) is 12.1 Å². The van der Waals surface area contributed by atoms with E-state index in [4.69, 9.17) is 9.97 Å². The number of nitrogens with zero attached hydrogens (tertiary/aromatic N) is 6. The van der Waals surface area contributed by atoms with E-state index >= 15 is 4.39 Å². The predicted octanol–water partition coefficient (Wildman–Crippen LogP) is 5.19. The third kappa shape index (κ3) is 4.23. The minimum absolute atomic E-state index is 0.00380. The number of benzene rings is 2. The van der Waals surface area contributed by atoms with Crippen LogP contribution >= 0.6 is 0 Å². The second-order valence-corrected chi connectivity index (χ2v) is 11.5. The molecule has 4 aromatic rings. The highest BCUT2D eigenvalue weighted by molar-refractivity contribution is 6.08. The van der Waals surface area contributed by atoms with Gasteiger partial charge in [0, 0.05) is 36.1 Å². The first-order chi connectivity index (χ1) is 18.7. The summed E-state index contributed by atoms with van der Waals surface area (Å²) in [6, 6.07) is 10.4. The second kappa shape index (κ2) is 9.54. The number of imidazole rings is 1. The number of aryl methyl sites for hydroxylation is 1. The number of pyridine rings is 1. The largest absolute Gasteiger partial charge is 0.351 e. The van der Waals surface area contributed by atoms with E-state index in [1.807, 2.05) is 19.3 Å². The zero-order valence-corrected chi connectivity index (χ0v) is 22.8. The van der Waals surface area contributed by atoms with Gasteiger partial charge in [-0.1, -0.05) is 12.1 Å². The molecule has 0 aliphatic carbocycles. The van der Waals surface area contributed by atoms with Crippen LogP contribution < -0.4 is 10.2 Å². The second-order valence-electron chi connectivity index (χ2n) is 11.5. The van der Waals surface area contributed by atoms with Gasteiger partial charge in [-0.15, -0.1) is 0 Å². The number of hydrogen-bond acceptors (Lipinski definition) is 6. The van der Waals surface area contributed by atoms with Crippen LogP contribution in [0, 0.1) is 29.9 Å². The zero-order valence-electron chi connectivity index (χ0n) is 22.8. The minimum Gasteiger partial charge on any atom is -0.351 e. The topological polar surface area (TPSA) is 73.0 Å². The van der Waals surface area contributed by atoms with Gasteiger partial charge in [-0.05, 0) is 76.7 Å². The van der Waals surface area contributed by atoms with Crippen molar-refractivity contribution in [1.29, 1.82) is 5.26 Å². The third-order valence-electron chi connectivity index (χ3n) is 8.69. The third-order valence-corrected chi connectivity index (χ3v) is 8.69. The van der Waals surface area contributed by atoms with Crippen molar-refractivity contribution in [3.05, 3.63) is 53.9 Å². The molecule has 2 saturated heterocycles. The molecule has 39 heavy (non-hydrogen) atoms. The molecule has 0 saturated carbocycles. The fourth-order valence-electron chi connectivity index (χ4n) is 6.19. The molecular weight excluding hydrogens is 496 g/mol. The van der Waals surface area contributed by atoms with Crippen LogP contribution in [0.25, 0.3) is 33.1 Å². The molecule has 2 aliphatic rings. The van der Waals surface area contributed by atoms with Gasteiger partial charge >= 0.3 is 0 Å². The number of anilines is 1. The first-order valence-corrected chi connectivity index (χ1v) is 13.5. The van der Waals surface area contributed by atoms with Crippen LogP contribution in [0.3, 0.4) is 0 Å². The Morgan fingerprint density at radius 3 is 2.62 bits per heavy atom. The van der Waals surface area contributed by atoms with E-state index in [0.717, 1.165) is 54.5 Å². The minimum atomic E-state index is -0.406. The summed E-state index contributed by atoms with van der Waals surface area (Å²) in [5, 5.41) is 13.4. The van der Waals surface area contributed by atoms with Crippen LogP contribution in [0.15, 0.2) is 36.7 Å². The molecule has 0 radical (unpaired) electrons. The van der Waals surface area contributed by atoms with Gasteiger partial charge in [0.15, 0.2) is 11.6 Å². The number of hydrogen-bond donors (Lipinski definition) is 1. The highest BCUT2D eigenvalue weighted by Crippen LogP contribution is 2.41. The van der Waals surface area contributed by atoms with Crippen molar-refractivity contribution in [3.63, 3.8) is 0 Å². The molecule has 4 heterocycles. The highest BCUT2D eigenvalue weighted by atomic mass is 19.1. The average molecular weight is 530 g/mol. The summed E-state index contributed by atoms with van der Waals surface area (Å²) in [5.74, 6) is -0.0796. The molecule has 6 rings (SSSR count). The molecule has 202 valence electrons. The van der Waals surface area contributed by atoms with Crippen molar-refractivity contribution in [2.75, 3.05) is 38.6 Å². The van der Waals surface area contributed by atoms with Gasteiger partial charge in [0.2, 0.25) is 0 Å². The smallest absolute Gasteiger partial charge is 0.157 e. The van der Waals surface area contributed by atoms with Gasteiger partial charge in [0.05, 0.1) is 29.9 Å². The lowest BCUT2D eigenvalue weighted by Gasteiger charge is -2.52. The molecule has 2 aliphatic heterocycles. The first kappa shape index (κ1) is 25.7. The van der Waals surface area contributed by atoms with Crippen LogP contribution in [0.1, 0.15) is 37.8 Å². The number of rotatable bonds is 5. The summed E-state index contributed by atoms with van der Waals surface area (Å²) < 4.78 is 32.3. The van der Waals surface area contributed by atoms with E-state index in [-0.39, 0.29) is 23.4 Å². The quantitative estimate of drug-likeness (QED) is 0.384. The van der Waals surface area contributed by atoms with E-state index in [9.17, 15) is 9.65 Å². The van der Waals surface area contributed by atoms with Crippen LogP contribution in [-0.2, 0) is 0 Å². The van der Waals surface area contributed by atoms with Gasteiger partial charge in [0.25, 0.3) is 0 Å². The fourth-order valence-corrected chi connectivity index (χ4v) is 6.19. The molecule has 1 N–H and O–H groups in total. The van der Waals surface area contributed by atoms with E-state index < -0.39 is 5.82 Å². The standard InChI is InChI=1S/C30H33F2N7/c1-18-13-23-26(25(32)24(18)19-5-7-20(31)8-6-19)36-29(38-15-30(2,16-38)37(3)4)27-28(23)39(17-35-27)22-10-12-34-21(14-22)9-11-33/h5-8,13,17,21-22,34H,9-10,12,14-16H2,1-4H3/t21-,22+/m1/s1. The van der Waals surface area contributed by atoms with E-state index in [0.29, 0.717) is 28.9 Å². The molecule has 2 atom stereocenters. The zero-order chi connectivity index (χ0) is 27.5. The Hall–Kier alpha value is -3.61. The van der Waals surface area contributed by atoms with Crippen LogP contribution in [0.4, 0.5) is 14.6 Å². The Morgan fingerprint density at radius 1 is 1.18 bits per heavy atom. The maximum Gasteiger partial charge on any atom is 0.157 e. The molecule has 0 bridgehead atoms. The first-order valence-electron chi connectivity index (χ1n) is 13.5. The van der Waals surface area contributed by atoms with Gasteiger partial charge in [-0.25, -0.2) is 18.7 Å². The van der Waals surface area contributed by atoms with Crippen LogP contribution in [-0.4, -0.2) is 64.7 Å². The van der Waals surface area contributed by atoms with Gasteiger partial charge < -0.3 is 19.7 Å². The predicted molar refractivity (Wildman–Crippen MR) is 150 cm³/mol. The summed E-state index contributed by atoms with van der Waals surface area (Å²) in [5.41, 5.74) is 3.75. The number of likely N-dealkylation sites (N-methyl/N-ethyl adjacent to an activating group) is 1. The Bertz CT molecular complexity index is 1600. The van der Waals surface area contributed by atoms with Crippen molar-refractivity contribution in [2.45, 2.75) is 50.7 Å². The van der Waals surface area contributed by atoms with Crippen LogP contribution in [0.2, 0.25) is 0 Å². The molecule has 0 amide bonds. The summed E-state index contributed by atoms with van der Waals surface area (Å²) in [6.07, 6.45) is 4.00. The number of aromatic nitrogens is 3. The van der Waals surface area contributed by atoms with E-state index in [1.165, 1.54) is 12.1 Å². The average Bonchev–Trinajstić information content (AvgIpc) is 3.34. The van der Waals surface area contributed by atoms with Crippen molar-refractivity contribution >= 4 is 27.8 Å². The molecule has 2 aromatic heterocycles. The molecule has 9 heteroatoms. The van der Waals surface area contributed by atoms with Gasteiger partial charge in [-0.2, -0.15) is 5.26 Å². The summed E-state index contributed by atoms with van der Waals surface area (Å²) in [4.78, 5) is 14.2. The Balaban J connectivity index is 1.56. The maximum atomic E-state index is 16.5.